The van der Waals surface area contributed by atoms with Crippen molar-refractivity contribution in [3.05, 3.63) is 22.4 Å². The van der Waals surface area contributed by atoms with Gasteiger partial charge in [-0.1, -0.05) is 13.0 Å². The number of thiocarbonyl (C=S) groups is 1. The first kappa shape index (κ1) is 11.1. The van der Waals surface area contributed by atoms with E-state index in [1.54, 1.807) is 18.4 Å². The van der Waals surface area contributed by atoms with Crippen LogP contribution in [0.4, 0.5) is 0 Å². The number of hydrogen-bond donors (Lipinski definition) is 2. The number of hydrogen-bond acceptors (Lipinski definition) is 3. The van der Waals surface area contributed by atoms with Crippen molar-refractivity contribution in [2.24, 2.45) is 5.10 Å². The average Bonchev–Trinajstić information content (AvgIpc) is 2.72. The topological polar surface area (TPSA) is 36.4 Å². The van der Waals surface area contributed by atoms with Gasteiger partial charge in [-0.3, -0.25) is 5.43 Å². The van der Waals surface area contributed by atoms with Gasteiger partial charge in [-0.2, -0.15) is 5.10 Å². The molecule has 0 radical (unpaired) electrons. The monoisotopic (exact) mass is 227 g/mol. The van der Waals surface area contributed by atoms with Crippen molar-refractivity contribution in [3.8, 4) is 0 Å². The summed E-state index contributed by atoms with van der Waals surface area (Å²) in [5.74, 6) is 0. The van der Waals surface area contributed by atoms with Crippen LogP contribution in [-0.4, -0.2) is 17.9 Å². The first-order valence-corrected chi connectivity index (χ1v) is 5.65. The molecule has 0 aliphatic carbocycles. The van der Waals surface area contributed by atoms with E-state index in [-0.39, 0.29) is 0 Å². The Bertz CT molecular complexity index is 317. The van der Waals surface area contributed by atoms with Crippen LogP contribution in [0.5, 0.6) is 0 Å². The molecule has 2 N–H and O–H groups in total. The third-order valence-electron chi connectivity index (χ3n) is 1.66. The molecule has 0 aliphatic rings. The molecular weight excluding hydrogens is 214 g/mol. The van der Waals surface area contributed by atoms with Crippen LogP contribution in [-0.2, 0) is 0 Å². The molecule has 5 heteroatoms. The summed E-state index contributed by atoms with van der Waals surface area (Å²) in [6.45, 7) is 2.07. The molecule has 0 spiro atoms. The van der Waals surface area contributed by atoms with Gasteiger partial charge in [-0.15, -0.1) is 11.3 Å². The van der Waals surface area contributed by atoms with Crippen LogP contribution in [0, 0.1) is 0 Å². The molecule has 3 nitrogen and oxygen atoms in total. The molecule has 0 bridgehead atoms. The van der Waals surface area contributed by atoms with E-state index in [9.17, 15) is 0 Å². The Labute approximate surface area is 93.2 Å². The van der Waals surface area contributed by atoms with Crippen molar-refractivity contribution in [3.63, 3.8) is 0 Å². The molecule has 1 rings (SSSR count). The summed E-state index contributed by atoms with van der Waals surface area (Å²) in [5.41, 5.74) is 3.81. The maximum absolute atomic E-state index is 4.93. The number of hydrazone groups is 1. The Hall–Kier alpha value is -0.940. The van der Waals surface area contributed by atoms with Crippen LogP contribution in [0.15, 0.2) is 22.6 Å². The molecule has 1 heterocycles. The van der Waals surface area contributed by atoms with Gasteiger partial charge < -0.3 is 5.32 Å². The summed E-state index contributed by atoms with van der Waals surface area (Å²) in [4.78, 5) is 1.18. The van der Waals surface area contributed by atoms with Gasteiger partial charge in [0, 0.05) is 7.05 Å². The van der Waals surface area contributed by atoms with Gasteiger partial charge in [0.05, 0.1) is 10.6 Å². The van der Waals surface area contributed by atoms with E-state index in [0.29, 0.717) is 5.11 Å². The van der Waals surface area contributed by atoms with E-state index < -0.39 is 0 Å². The van der Waals surface area contributed by atoms with E-state index in [4.69, 9.17) is 12.2 Å². The Morgan fingerprint density at radius 1 is 1.64 bits per heavy atom. The van der Waals surface area contributed by atoms with Gasteiger partial charge in [-0.05, 0) is 30.1 Å². The molecule has 0 unspecified atom stereocenters. The fraction of sp³-hybridized carbons (Fsp3) is 0.333. The summed E-state index contributed by atoms with van der Waals surface area (Å²) in [5, 5.41) is 9.61. The lowest BCUT2D eigenvalue weighted by Gasteiger charge is -2.03. The molecule has 1 aromatic heterocycles. The predicted octanol–water partition coefficient (Wildman–Crippen LogP) is 1.96. The van der Waals surface area contributed by atoms with E-state index in [1.165, 1.54) is 4.88 Å². The van der Waals surface area contributed by atoms with Crippen molar-refractivity contribution in [2.45, 2.75) is 13.3 Å². The maximum atomic E-state index is 4.93. The molecule has 0 atom stereocenters. The molecule has 0 amide bonds. The lowest BCUT2D eigenvalue weighted by atomic mass is 10.2. The van der Waals surface area contributed by atoms with Crippen LogP contribution >= 0.6 is 23.6 Å². The van der Waals surface area contributed by atoms with Crippen LogP contribution in [0.25, 0.3) is 0 Å². The second-order valence-corrected chi connectivity index (χ2v) is 3.94. The Morgan fingerprint density at radius 3 is 2.93 bits per heavy atom. The van der Waals surface area contributed by atoms with Crippen molar-refractivity contribution >= 4 is 34.4 Å². The minimum absolute atomic E-state index is 0.535. The predicted molar refractivity (Wildman–Crippen MR) is 65.9 cm³/mol. The number of nitrogens with one attached hydrogen (secondary N) is 2. The number of thiophene rings is 1. The second kappa shape index (κ2) is 5.72. The molecule has 0 aliphatic heterocycles. The minimum Gasteiger partial charge on any atom is -0.364 e. The fourth-order valence-electron chi connectivity index (χ4n) is 0.925. The van der Waals surface area contributed by atoms with Gasteiger partial charge in [0.2, 0.25) is 0 Å². The highest BCUT2D eigenvalue weighted by Crippen LogP contribution is 2.11. The Balaban J connectivity index is 2.67. The van der Waals surface area contributed by atoms with Crippen molar-refractivity contribution in [1.82, 2.24) is 10.7 Å². The van der Waals surface area contributed by atoms with Crippen molar-refractivity contribution in [1.29, 1.82) is 0 Å². The summed E-state index contributed by atoms with van der Waals surface area (Å²) in [7, 11) is 1.77. The van der Waals surface area contributed by atoms with Crippen LogP contribution in [0.2, 0.25) is 0 Å². The third kappa shape index (κ3) is 3.08. The molecule has 76 valence electrons. The van der Waals surface area contributed by atoms with Crippen molar-refractivity contribution < 1.29 is 0 Å². The third-order valence-corrected chi connectivity index (χ3v) is 2.87. The largest absolute Gasteiger partial charge is 0.364 e. The second-order valence-electron chi connectivity index (χ2n) is 2.58. The molecule has 0 fully saturated rings. The molecule has 0 saturated heterocycles. The van der Waals surface area contributed by atoms with Gasteiger partial charge in [0.1, 0.15) is 0 Å². The van der Waals surface area contributed by atoms with Gasteiger partial charge >= 0.3 is 0 Å². The smallest absolute Gasteiger partial charge is 0.186 e. The molecule has 14 heavy (non-hydrogen) atoms. The highest BCUT2D eigenvalue weighted by atomic mass is 32.1. The quantitative estimate of drug-likeness (QED) is 0.471. The highest BCUT2D eigenvalue weighted by Gasteiger charge is 2.01. The Morgan fingerprint density at radius 2 is 2.43 bits per heavy atom. The molecule has 1 aromatic rings. The summed E-state index contributed by atoms with van der Waals surface area (Å²) < 4.78 is 0. The molecule has 0 aromatic carbocycles. The zero-order chi connectivity index (χ0) is 10.4. The zero-order valence-electron chi connectivity index (χ0n) is 8.20. The lowest BCUT2D eigenvalue weighted by Crippen LogP contribution is -2.29. The van der Waals surface area contributed by atoms with Crippen LogP contribution < -0.4 is 10.7 Å². The van der Waals surface area contributed by atoms with Crippen molar-refractivity contribution in [2.75, 3.05) is 7.05 Å². The highest BCUT2D eigenvalue weighted by molar-refractivity contribution is 7.80. The lowest BCUT2D eigenvalue weighted by molar-refractivity contribution is 0.966. The van der Waals surface area contributed by atoms with Gasteiger partial charge in [0.15, 0.2) is 5.11 Å². The molecule has 0 saturated carbocycles. The first-order chi connectivity index (χ1) is 6.77. The standard InChI is InChI=1S/C9H13N3S2/c1-3-7(8-5-4-6-14-8)11-12-9(13)10-2/h4-6H,3H2,1-2H3,(H2,10,12,13)/b11-7-. The normalized spacial score (nSPS) is 11.1. The van der Waals surface area contributed by atoms with Crippen LogP contribution in [0.1, 0.15) is 18.2 Å². The fourth-order valence-corrected chi connectivity index (χ4v) is 1.76. The van der Waals surface area contributed by atoms with E-state index in [0.717, 1.165) is 12.1 Å². The van der Waals surface area contributed by atoms with Gasteiger partial charge in [-0.25, -0.2) is 0 Å². The average molecular weight is 227 g/mol. The van der Waals surface area contributed by atoms with E-state index in [1.807, 2.05) is 11.4 Å². The summed E-state index contributed by atoms with van der Waals surface area (Å²) in [6, 6.07) is 4.07. The number of rotatable bonds is 3. The zero-order valence-corrected chi connectivity index (χ0v) is 9.84. The van der Waals surface area contributed by atoms with E-state index in [2.05, 4.69) is 28.8 Å². The molecular formula is C9H13N3S2. The van der Waals surface area contributed by atoms with Gasteiger partial charge in [0.25, 0.3) is 0 Å². The summed E-state index contributed by atoms with van der Waals surface area (Å²) >= 11 is 6.61. The maximum Gasteiger partial charge on any atom is 0.186 e. The Kier molecular flexibility index (Phi) is 4.55. The van der Waals surface area contributed by atoms with E-state index >= 15 is 0 Å². The first-order valence-electron chi connectivity index (χ1n) is 4.36. The minimum atomic E-state index is 0.535. The summed E-state index contributed by atoms with van der Waals surface area (Å²) in [6.07, 6.45) is 0.889. The number of nitrogens with zero attached hydrogens (tertiary/aromatic N) is 1. The van der Waals surface area contributed by atoms with Crippen LogP contribution in [0.3, 0.4) is 0 Å². The SMILES string of the molecule is CC/C(=N/NC(=S)NC)c1cccs1.